The second-order valence-electron chi connectivity index (χ2n) is 6.39. The summed E-state index contributed by atoms with van der Waals surface area (Å²) in [7, 11) is 0. The van der Waals surface area contributed by atoms with Crippen LogP contribution in [0.5, 0.6) is 0 Å². The minimum absolute atomic E-state index is 0.0302. The SMILES string of the molecule is O=C1C=CNC[C@@]23C=C4CCCC=C4C[C@]12CNC3. The van der Waals surface area contributed by atoms with Gasteiger partial charge in [-0.2, -0.15) is 0 Å². The summed E-state index contributed by atoms with van der Waals surface area (Å²) in [6.07, 6.45) is 12.9. The number of hydrogen-bond donors (Lipinski definition) is 2. The molecule has 0 saturated carbocycles. The lowest BCUT2D eigenvalue weighted by molar-refractivity contribution is -0.126. The highest BCUT2D eigenvalue weighted by atomic mass is 16.1. The molecule has 0 spiro atoms. The van der Waals surface area contributed by atoms with Crippen LogP contribution in [0.1, 0.15) is 25.7 Å². The lowest BCUT2D eigenvalue weighted by Crippen LogP contribution is -2.51. The third kappa shape index (κ3) is 1.39. The summed E-state index contributed by atoms with van der Waals surface area (Å²) in [5.74, 6) is 0.296. The summed E-state index contributed by atoms with van der Waals surface area (Å²) in [6.45, 7) is 2.61. The van der Waals surface area contributed by atoms with Gasteiger partial charge in [-0.25, -0.2) is 0 Å². The number of ketones is 1. The quantitative estimate of drug-likeness (QED) is 0.693. The van der Waals surface area contributed by atoms with Gasteiger partial charge in [-0.1, -0.05) is 12.2 Å². The normalized spacial score (nSPS) is 40.3. The molecule has 3 heteroatoms. The monoisotopic (exact) mass is 256 g/mol. The Labute approximate surface area is 113 Å². The molecule has 1 fully saturated rings. The first kappa shape index (κ1) is 11.5. The van der Waals surface area contributed by atoms with Crippen molar-refractivity contribution in [1.29, 1.82) is 0 Å². The molecule has 0 amide bonds. The Kier molecular flexibility index (Phi) is 2.31. The van der Waals surface area contributed by atoms with E-state index < -0.39 is 0 Å². The summed E-state index contributed by atoms with van der Waals surface area (Å²) < 4.78 is 0. The molecule has 0 aromatic heterocycles. The summed E-state index contributed by atoms with van der Waals surface area (Å²) in [4.78, 5) is 12.7. The van der Waals surface area contributed by atoms with E-state index >= 15 is 0 Å². The van der Waals surface area contributed by atoms with E-state index in [2.05, 4.69) is 22.8 Å². The van der Waals surface area contributed by atoms with E-state index in [1.165, 1.54) is 30.4 Å². The van der Waals surface area contributed by atoms with Gasteiger partial charge < -0.3 is 10.6 Å². The molecule has 4 rings (SSSR count). The smallest absolute Gasteiger partial charge is 0.165 e. The van der Waals surface area contributed by atoms with Gasteiger partial charge in [0, 0.05) is 31.2 Å². The molecule has 100 valence electrons. The Morgan fingerprint density at radius 2 is 2.11 bits per heavy atom. The lowest BCUT2D eigenvalue weighted by Gasteiger charge is -2.46. The van der Waals surface area contributed by atoms with Crippen LogP contribution >= 0.6 is 0 Å². The zero-order valence-corrected chi connectivity index (χ0v) is 11.2. The molecule has 0 bridgehead atoms. The molecule has 2 aliphatic carbocycles. The zero-order chi connectivity index (χ0) is 12.9. The molecular formula is C16H20N2O. The van der Waals surface area contributed by atoms with E-state index in [0.29, 0.717) is 5.78 Å². The van der Waals surface area contributed by atoms with Crippen LogP contribution in [0.4, 0.5) is 0 Å². The number of fused-ring (bicyclic) bond motifs is 1. The van der Waals surface area contributed by atoms with Crippen LogP contribution in [0.2, 0.25) is 0 Å². The molecule has 0 radical (unpaired) electrons. The molecule has 0 unspecified atom stereocenters. The minimum atomic E-state index is -0.250. The first-order valence-electron chi connectivity index (χ1n) is 7.32. The van der Waals surface area contributed by atoms with Crippen molar-refractivity contribution in [3.8, 4) is 0 Å². The molecule has 2 aliphatic heterocycles. The number of carbonyl (C=O) groups excluding carboxylic acids is 1. The Balaban J connectivity index is 1.90. The molecule has 0 aromatic rings. The molecule has 2 atom stereocenters. The van der Waals surface area contributed by atoms with E-state index in [9.17, 15) is 4.79 Å². The van der Waals surface area contributed by atoms with Crippen LogP contribution < -0.4 is 10.6 Å². The average Bonchev–Trinajstić information content (AvgIpc) is 2.74. The van der Waals surface area contributed by atoms with Crippen LogP contribution in [-0.4, -0.2) is 25.4 Å². The third-order valence-electron chi connectivity index (χ3n) is 5.46. The third-order valence-corrected chi connectivity index (χ3v) is 5.46. The van der Waals surface area contributed by atoms with Gasteiger partial charge in [0.2, 0.25) is 0 Å². The molecule has 19 heavy (non-hydrogen) atoms. The molecule has 3 nitrogen and oxygen atoms in total. The Morgan fingerprint density at radius 1 is 1.16 bits per heavy atom. The van der Waals surface area contributed by atoms with E-state index in [1.807, 2.05) is 6.20 Å². The fourth-order valence-electron chi connectivity index (χ4n) is 4.38. The van der Waals surface area contributed by atoms with Gasteiger partial charge in [0.25, 0.3) is 0 Å². The van der Waals surface area contributed by atoms with Crippen molar-refractivity contribution in [2.75, 3.05) is 19.6 Å². The van der Waals surface area contributed by atoms with Gasteiger partial charge in [-0.05, 0) is 42.9 Å². The highest BCUT2D eigenvalue weighted by Crippen LogP contribution is 2.55. The second-order valence-corrected chi connectivity index (χ2v) is 6.39. The molecule has 2 N–H and O–H groups in total. The minimum Gasteiger partial charge on any atom is -0.390 e. The van der Waals surface area contributed by atoms with E-state index in [1.54, 1.807) is 6.08 Å². The van der Waals surface area contributed by atoms with E-state index in [-0.39, 0.29) is 10.8 Å². The van der Waals surface area contributed by atoms with Crippen LogP contribution in [0.25, 0.3) is 0 Å². The molecular weight excluding hydrogens is 236 g/mol. The van der Waals surface area contributed by atoms with Crippen molar-refractivity contribution in [3.05, 3.63) is 35.6 Å². The van der Waals surface area contributed by atoms with E-state index in [4.69, 9.17) is 0 Å². The lowest BCUT2D eigenvalue weighted by atomic mass is 9.55. The van der Waals surface area contributed by atoms with Gasteiger partial charge in [0.15, 0.2) is 5.78 Å². The predicted molar refractivity (Wildman–Crippen MR) is 74.5 cm³/mol. The van der Waals surface area contributed by atoms with Crippen molar-refractivity contribution < 1.29 is 4.79 Å². The van der Waals surface area contributed by atoms with Crippen molar-refractivity contribution in [3.63, 3.8) is 0 Å². The maximum Gasteiger partial charge on any atom is 0.165 e. The number of nitrogens with one attached hydrogen (secondary N) is 2. The Bertz CT molecular complexity index is 531. The summed E-state index contributed by atoms with van der Waals surface area (Å²) in [6, 6.07) is 0. The van der Waals surface area contributed by atoms with Crippen molar-refractivity contribution in [2.24, 2.45) is 10.8 Å². The summed E-state index contributed by atoms with van der Waals surface area (Å²) in [5.41, 5.74) is 2.66. The highest BCUT2D eigenvalue weighted by molar-refractivity contribution is 5.97. The van der Waals surface area contributed by atoms with Crippen molar-refractivity contribution in [1.82, 2.24) is 10.6 Å². The van der Waals surface area contributed by atoms with Crippen LogP contribution in [-0.2, 0) is 4.79 Å². The zero-order valence-electron chi connectivity index (χ0n) is 11.2. The molecule has 4 aliphatic rings. The van der Waals surface area contributed by atoms with Gasteiger partial charge in [0.05, 0.1) is 5.41 Å². The van der Waals surface area contributed by atoms with Crippen molar-refractivity contribution >= 4 is 5.78 Å². The molecule has 2 heterocycles. The largest absolute Gasteiger partial charge is 0.390 e. The maximum atomic E-state index is 12.7. The number of rotatable bonds is 0. The van der Waals surface area contributed by atoms with Crippen LogP contribution in [0.3, 0.4) is 0 Å². The number of hydrogen-bond acceptors (Lipinski definition) is 3. The maximum absolute atomic E-state index is 12.7. The van der Waals surface area contributed by atoms with Crippen LogP contribution in [0.15, 0.2) is 35.6 Å². The predicted octanol–water partition coefficient (Wildman–Crippen LogP) is 1.69. The van der Waals surface area contributed by atoms with E-state index in [0.717, 1.165) is 26.1 Å². The average molecular weight is 256 g/mol. The van der Waals surface area contributed by atoms with Gasteiger partial charge in [-0.15, -0.1) is 0 Å². The Morgan fingerprint density at radius 3 is 3.05 bits per heavy atom. The number of allylic oxidation sites excluding steroid dienone is 4. The molecule has 0 aromatic carbocycles. The first-order chi connectivity index (χ1) is 9.26. The van der Waals surface area contributed by atoms with Crippen molar-refractivity contribution in [2.45, 2.75) is 25.7 Å². The topological polar surface area (TPSA) is 41.1 Å². The molecule has 1 saturated heterocycles. The fraction of sp³-hybridized carbons (Fsp3) is 0.562. The Hall–Kier alpha value is -1.35. The standard InChI is InChI=1S/C16H20N2O/c19-14-5-6-17-9-15-7-12-3-1-2-4-13(12)8-16(14,15)11-18-10-15/h4-7,17-18H,1-3,8-11H2/t15-,16+/m1/s1. The van der Waals surface area contributed by atoms with Gasteiger partial charge >= 0.3 is 0 Å². The first-order valence-corrected chi connectivity index (χ1v) is 7.32. The summed E-state index contributed by atoms with van der Waals surface area (Å²) in [5, 5.41) is 6.81. The second kappa shape index (κ2) is 3.83. The van der Waals surface area contributed by atoms with Gasteiger partial charge in [-0.3, -0.25) is 4.79 Å². The van der Waals surface area contributed by atoms with Crippen LogP contribution in [0, 0.1) is 10.8 Å². The summed E-state index contributed by atoms with van der Waals surface area (Å²) >= 11 is 0. The highest BCUT2D eigenvalue weighted by Gasteiger charge is 2.60. The van der Waals surface area contributed by atoms with Gasteiger partial charge in [0.1, 0.15) is 0 Å². The fourth-order valence-corrected chi connectivity index (χ4v) is 4.38. The number of carbonyl (C=O) groups is 1.